The Labute approximate surface area is 211 Å². The molecule has 0 saturated heterocycles. The van der Waals surface area contributed by atoms with E-state index in [1.54, 1.807) is 12.1 Å². The van der Waals surface area contributed by atoms with E-state index in [-0.39, 0.29) is 28.4 Å². The highest BCUT2D eigenvalue weighted by Crippen LogP contribution is 2.33. The third-order valence-corrected chi connectivity index (χ3v) is 6.33. The Bertz CT molecular complexity index is 1590. The molecule has 0 spiro atoms. The first-order valence-corrected chi connectivity index (χ1v) is 11.5. The largest absolute Gasteiger partial charge is 0.476 e. The average molecular weight is 503 g/mol. The quantitative estimate of drug-likeness (QED) is 0.349. The fourth-order valence-corrected chi connectivity index (χ4v) is 4.64. The monoisotopic (exact) mass is 502 g/mol. The number of nitriles is 1. The predicted molar refractivity (Wildman–Crippen MR) is 134 cm³/mol. The van der Waals surface area contributed by atoms with Crippen molar-refractivity contribution in [1.29, 1.82) is 5.26 Å². The molecule has 10 heteroatoms. The highest BCUT2D eigenvalue weighted by atomic mass is 35.5. The van der Waals surface area contributed by atoms with E-state index in [4.69, 9.17) is 16.6 Å². The van der Waals surface area contributed by atoms with E-state index >= 15 is 0 Å². The Morgan fingerprint density at radius 1 is 1.17 bits per heavy atom. The molecule has 0 radical (unpaired) electrons. The van der Waals surface area contributed by atoms with Crippen molar-refractivity contribution in [2.75, 3.05) is 10.2 Å². The molecule has 1 atom stereocenters. The Kier molecular flexibility index (Phi) is 5.90. The minimum atomic E-state index is -1.20. The van der Waals surface area contributed by atoms with Gasteiger partial charge in [0.25, 0.3) is 0 Å². The van der Waals surface area contributed by atoms with Gasteiger partial charge in [0.1, 0.15) is 17.0 Å². The van der Waals surface area contributed by atoms with Crippen molar-refractivity contribution < 1.29 is 14.3 Å². The molecule has 5 rings (SSSR count). The summed E-state index contributed by atoms with van der Waals surface area (Å²) in [5, 5.41) is 22.7. The highest BCUT2D eigenvalue weighted by Gasteiger charge is 2.26. The van der Waals surface area contributed by atoms with Gasteiger partial charge in [-0.1, -0.05) is 23.7 Å². The van der Waals surface area contributed by atoms with Crippen LogP contribution in [0.4, 0.5) is 15.9 Å². The van der Waals surface area contributed by atoms with E-state index in [1.165, 1.54) is 18.2 Å². The molecule has 0 saturated carbocycles. The zero-order valence-corrected chi connectivity index (χ0v) is 20.1. The summed E-state index contributed by atoms with van der Waals surface area (Å²) in [6.45, 7) is 4.69. The van der Waals surface area contributed by atoms with Crippen LogP contribution in [0.15, 0.2) is 42.5 Å². The van der Waals surface area contributed by atoms with Crippen LogP contribution in [-0.2, 0) is 13.1 Å². The SMILES string of the molecule is Cc1cc([C@@H](C)Nc2ccc(Cl)nc2C(=O)O)c2nc(N3Cc4ccc(F)cc4C3)c(C#N)nc2c1. The van der Waals surface area contributed by atoms with Crippen molar-refractivity contribution in [3.05, 3.63) is 87.1 Å². The fourth-order valence-electron chi connectivity index (χ4n) is 4.49. The van der Waals surface area contributed by atoms with Crippen LogP contribution in [0.2, 0.25) is 5.15 Å². The van der Waals surface area contributed by atoms with Crippen LogP contribution in [0.5, 0.6) is 0 Å². The first-order valence-electron chi connectivity index (χ1n) is 11.1. The topological polar surface area (TPSA) is 115 Å². The number of anilines is 2. The number of aromatic nitrogens is 3. The maximum Gasteiger partial charge on any atom is 0.356 e. The second-order valence-corrected chi connectivity index (χ2v) is 9.09. The Morgan fingerprint density at radius 3 is 2.69 bits per heavy atom. The van der Waals surface area contributed by atoms with Gasteiger partial charge in [0.05, 0.1) is 22.8 Å². The van der Waals surface area contributed by atoms with Crippen LogP contribution >= 0.6 is 11.6 Å². The van der Waals surface area contributed by atoms with Gasteiger partial charge in [0.15, 0.2) is 17.2 Å². The number of rotatable bonds is 5. The van der Waals surface area contributed by atoms with Gasteiger partial charge in [-0.2, -0.15) is 5.26 Å². The van der Waals surface area contributed by atoms with Crippen LogP contribution in [0.3, 0.4) is 0 Å². The zero-order valence-electron chi connectivity index (χ0n) is 19.4. The molecule has 2 aromatic heterocycles. The number of hydrogen-bond donors (Lipinski definition) is 2. The number of nitrogens with zero attached hydrogens (tertiary/aromatic N) is 5. The van der Waals surface area contributed by atoms with Crippen molar-refractivity contribution in [3.63, 3.8) is 0 Å². The number of nitrogens with one attached hydrogen (secondary N) is 1. The predicted octanol–water partition coefficient (Wildman–Crippen LogP) is 5.39. The normalized spacial score (nSPS) is 13.4. The number of aryl methyl sites for hydroxylation is 1. The number of aromatic carboxylic acids is 1. The summed E-state index contributed by atoms with van der Waals surface area (Å²) in [5.41, 5.74) is 4.94. The lowest BCUT2D eigenvalue weighted by molar-refractivity contribution is 0.0691. The first kappa shape index (κ1) is 23.5. The van der Waals surface area contributed by atoms with Gasteiger partial charge >= 0.3 is 5.97 Å². The number of pyridine rings is 1. The van der Waals surface area contributed by atoms with Gasteiger partial charge < -0.3 is 15.3 Å². The van der Waals surface area contributed by atoms with E-state index < -0.39 is 5.97 Å². The molecule has 36 heavy (non-hydrogen) atoms. The number of halogens is 2. The molecule has 2 aromatic carbocycles. The average Bonchev–Trinajstić information content (AvgIpc) is 3.26. The van der Waals surface area contributed by atoms with Gasteiger partial charge in [-0.05, 0) is 60.9 Å². The lowest BCUT2D eigenvalue weighted by Crippen LogP contribution is -2.19. The molecule has 0 bridgehead atoms. The molecule has 8 nitrogen and oxygen atoms in total. The van der Waals surface area contributed by atoms with Gasteiger partial charge in [-0.3, -0.25) is 0 Å². The zero-order chi connectivity index (χ0) is 25.6. The summed E-state index contributed by atoms with van der Waals surface area (Å²) in [7, 11) is 0. The molecule has 180 valence electrons. The van der Waals surface area contributed by atoms with E-state index in [1.807, 2.05) is 30.9 Å². The molecule has 0 unspecified atom stereocenters. The fraction of sp³-hybridized carbons (Fsp3) is 0.192. The summed E-state index contributed by atoms with van der Waals surface area (Å²) < 4.78 is 13.7. The van der Waals surface area contributed by atoms with Crippen LogP contribution in [0.25, 0.3) is 11.0 Å². The smallest absolute Gasteiger partial charge is 0.356 e. The molecule has 4 aromatic rings. The summed E-state index contributed by atoms with van der Waals surface area (Å²) in [4.78, 5) is 27.0. The molecule has 3 heterocycles. The number of benzene rings is 2. The minimum absolute atomic E-state index is 0.0811. The number of hydrogen-bond acceptors (Lipinski definition) is 7. The Morgan fingerprint density at radius 2 is 1.94 bits per heavy atom. The van der Waals surface area contributed by atoms with Crippen LogP contribution in [-0.4, -0.2) is 26.0 Å². The number of fused-ring (bicyclic) bond motifs is 2. The van der Waals surface area contributed by atoms with Crippen molar-refractivity contribution in [1.82, 2.24) is 15.0 Å². The van der Waals surface area contributed by atoms with E-state index in [2.05, 4.69) is 21.4 Å². The van der Waals surface area contributed by atoms with Crippen molar-refractivity contribution in [3.8, 4) is 6.07 Å². The molecule has 0 aliphatic carbocycles. The summed E-state index contributed by atoms with van der Waals surface area (Å²) in [6.07, 6.45) is 0. The van der Waals surface area contributed by atoms with Crippen LogP contribution in [0, 0.1) is 24.1 Å². The molecule has 1 aliphatic rings. The molecular weight excluding hydrogens is 483 g/mol. The summed E-state index contributed by atoms with van der Waals surface area (Å²) >= 11 is 5.89. The minimum Gasteiger partial charge on any atom is -0.476 e. The van der Waals surface area contributed by atoms with E-state index in [9.17, 15) is 19.6 Å². The second-order valence-electron chi connectivity index (χ2n) is 8.70. The first-order chi connectivity index (χ1) is 17.2. The lowest BCUT2D eigenvalue weighted by atomic mass is 10.0. The van der Waals surface area contributed by atoms with Gasteiger partial charge in [-0.25, -0.2) is 24.1 Å². The molecule has 1 aliphatic heterocycles. The van der Waals surface area contributed by atoms with Gasteiger partial charge in [0.2, 0.25) is 0 Å². The Balaban J connectivity index is 1.58. The van der Waals surface area contributed by atoms with Gasteiger partial charge in [-0.15, -0.1) is 0 Å². The van der Waals surface area contributed by atoms with Crippen molar-refractivity contribution in [2.24, 2.45) is 0 Å². The third-order valence-electron chi connectivity index (χ3n) is 6.12. The highest BCUT2D eigenvalue weighted by molar-refractivity contribution is 6.29. The van der Waals surface area contributed by atoms with E-state index in [0.29, 0.717) is 35.6 Å². The lowest BCUT2D eigenvalue weighted by Gasteiger charge is -2.21. The molecule has 0 amide bonds. The van der Waals surface area contributed by atoms with Crippen molar-refractivity contribution >= 4 is 40.1 Å². The third kappa shape index (κ3) is 4.27. The summed E-state index contributed by atoms with van der Waals surface area (Å²) in [5.74, 6) is -1.10. The number of carboxylic acids is 1. The number of carboxylic acid groups (broad SMARTS) is 1. The molecule has 0 fully saturated rings. The van der Waals surface area contributed by atoms with Crippen molar-refractivity contribution in [2.45, 2.75) is 33.0 Å². The maximum atomic E-state index is 13.7. The summed E-state index contributed by atoms with van der Waals surface area (Å²) in [6, 6.07) is 13.3. The van der Waals surface area contributed by atoms with Gasteiger partial charge in [0, 0.05) is 18.7 Å². The maximum absolute atomic E-state index is 13.7. The molecule has 2 N–H and O–H groups in total. The number of carbonyl (C=O) groups is 1. The van der Waals surface area contributed by atoms with Crippen LogP contribution < -0.4 is 10.2 Å². The second kappa shape index (κ2) is 9.06. The van der Waals surface area contributed by atoms with Crippen LogP contribution in [0.1, 0.15) is 51.4 Å². The molecular formula is C26H20ClFN6O2. The van der Waals surface area contributed by atoms with E-state index in [0.717, 1.165) is 22.3 Å². The Hall–Kier alpha value is -4.29. The standard InChI is InChI=1S/C26H20ClFN6O2/c1-13-7-18(14(2)30-19-5-6-22(27)32-24(19)26(35)36)23-20(8-13)31-21(10-29)25(33-23)34-11-15-3-4-17(28)9-16(15)12-34/h3-9,14,30H,11-12H2,1-2H3,(H,35,36)/t14-/m1/s1.